The Balaban J connectivity index is 2.19. The van der Waals surface area contributed by atoms with Crippen LogP contribution >= 0.6 is 11.3 Å². The highest BCUT2D eigenvalue weighted by atomic mass is 32.1. The van der Waals surface area contributed by atoms with Crippen molar-refractivity contribution in [2.45, 2.75) is 6.92 Å². The molecule has 0 bridgehead atoms. The molecule has 3 heterocycles. The van der Waals surface area contributed by atoms with E-state index in [0.29, 0.717) is 33.6 Å². The van der Waals surface area contributed by atoms with Crippen molar-refractivity contribution in [1.29, 1.82) is 0 Å². The lowest BCUT2D eigenvalue weighted by Crippen LogP contribution is -1.79. The minimum Gasteiger partial charge on any atom is -0.436 e. The fraction of sp³-hybridized carbons (Fsp3) is 0.111. The molecule has 3 aromatic heterocycles. The lowest BCUT2D eigenvalue weighted by Gasteiger charge is -1.85. The summed E-state index contributed by atoms with van der Waals surface area (Å²) in [5.41, 5.74) is 7.09. The van der Waals surface area contributed by atoms with Crippen LogP contribution in [0.4, 0.5) is 5.00 Å². The summed E-state index contributed by atoms with van der Waals surface area (Å²) in [7, 11) is 0. The van der Waals surface area contributed by atoms with Crippen LogP contribution in [0.3, 0.4) is 0 Å². The molecule has 0 amide bonds. The Morgan fingerprint density at radius 1 is 1.40 bits per heavy atom. The van der Waals surface area contributed by atoms with Crippen molar-refractivity contribution in [1.82, 2.24) is 9.97 Å². The first kappa shape index (κ1) is 8.49. The minimum atomic E-state index is 0.417. The highest BCUT2D eigenvalue weighted by molar-refractivity contribution is 7.15. The van der Waals surface area contributed by atoms with Crippen molar-refractivity contribution in [2.24, 2.45) is 0 Å². The van der Waals surface area contributed by atoms with E-state index in [2.05, 4.69) is 9.97 Å². The molecule has 2 N–H and O–H groups in total. The second-order valence-electron chi connectivity index (χ2n) is 3.08. The van der Waals surface area contributed by atoms with E-state index < -0.39 is 0 Å². The van der Waals surface area contributed by atoms with Crippen molar-refractivity contribution >= 4 is 27.4 Å². The van der Waals surface area contributed by atoms with Gasteiger partial charge in [0.15, 0.2) is 11.5 Å². The fourth-order valence-electron chi connectivity index (χ4n) is 1.33. The topological polar surface area (TPSA) is 78.1 Å². The first-order valence-corrected chi connectivity index (χ1v) is 5.18. The SMILES string of the molecule is Cc1ncc(-c2nc3c(N)scc3o2)o1. The zero-order valence-electron chi connectivity index (χ0n) is 7.85. The molecule has 0 fully saturated rings. The maximum absolute atomic E-state index is 5.72. The van der Waals surface area contributed by atoms with Crippen LogP contribution in [0, 0.1) is 6.92 Å². The number of rotatable bonds is 1. The molecule has 5 nitrogen and oxygen atoms in total. The van der Waals surface area contributed by atoms with Gasteiger partial charge in [0.1, 0.15) is 10.5 Å². The van der Waals surface area contributed by atoms with Gasteiger partial charge in [-0.2, -0.15) is 0 Å². The number of nitrogens with two attached hydrogens (primary N) is 1. The Labute approximate surface area is 88.5 Å². The summed E-state index contributed by atoms with van der Waals surface area (Å²) in [6, 6.07) is 0. The van der Waals surface area contributed by atoms with Crippen molar-refractivity contribution < 1.29 is 8.83 Å². The summed E-state index contributed by atoms with van der Waals surface area (Å²) in [6.07, 6.45) is 1.58. The largest absolute Gasteiger partial charge is 0.436 e. The normalized spacial score (nSPS) is 11.3. The molecule has 3 rings (SSSR count). The average molecular weight is 221 g/mol. The van der Waals surface area contributed by atoms with E-state index in [-0.39, 0.29) is 0 Å². The number of hydrogen-bond acceptors (Lipinski definition) is 6. The second kappa shape index (κ2) is 2.83. The molecular weight excluding hydrogens is 214 g/mol. The molecule has 76 valence electrons. The van der Waals surface area contributed by atoms with Crippen molar-refractivity contribution in [3.05, 3.63) is 17.5 Å². The maximum atomic E-state index is 5.72. The van der Waals surface area contributed by atoms with Gasteiger partial charge >= 0.3 is 0 Å². The van der Waals surface area contributed by atoms with Crippen LogP contribution in [0.2, 0.25) is 0 Å². The molecule has 15 heavy (non-hydrogen) atoms. The Kier molecular flexibility index (Phi) is 1.60. The zero-order chi connectivity index (χ0) is 10.4. The van der Waals surface area contributed by atoms with Crippen LogP contribution in [-0.4, -0.2) is 9.97 Å². The third kappa shape index (κ3) is 1.22. The van der Waals surface area contributed by atoms with Gasteiger partial charge in [-0.05, 0) is 0 Å². The van der Waals surface area contributed by atoms with Crippen LogP contribution in [-0.2, 0) is 0 Å². The van der Waals surface area contributed by atoms with E-state index in [9.17, 15) is 0 Å². The first-order chi connectivity index (χ1) is 7.24. The Hall–Kier alpha value is -1.82. The second-order valence-corrected chi connectivity index (χ2v) is 3.99. The summed E-state index contributed by atoms with van der Waals surface area (Å²) in [4.78, 5) is 8.22. The van der Waals surface area contributed by atoms with Gasteiger partial charge in [0.25, 0.3) is 5.89 Å². The number of nitrogen functional groups attached to an aromatic ring is 1. The number of anilines is 1. The van der Waals surface area contributed by atoms with Gasteiger partial charge in [-0.25, -0.2) is 9.97 Å². The number of fused-ring (bicyclic) bond motifs is 1. The number of nitrogens with zero attached hydrogens (tertiary/aromatic N) is 2. The van der Waals surface area contributed by atoms with Crippen LogP contribution in [0.15, 0.2) is 20.4 Å². The molecule has 0 spiro atoms. The predicted octanol–water partition coefficient (Wildman–Crippen LogP) is 2.43. The van der Waals surface area contributed by atoms with Crippen molar-refractivity contribution in [3.63, 3.8) is 0 Å². The van der Waals surface area contributed by atoms with Crippen LogP contribution in [0.5, 0.6) is 0 Å². The third-order valence-electron chi connectivity index (χ3n) is 2.01. The number of oxazole rings is 2. The molecule has 0 aliphatic rings. The summed E-state index contributed by atoms with van der Waals surface area (Å²) in [5.74, 6) is 1.52. The van der Waals surface area contributed by atoms with E-state index in [1.54, 1.807) is 13.1 Å². The van der Waals surface area contributed by atoms with E-state index in [0.717, 1.165) is 0 Å². The fourth-order valence-corrected chi connectivity index (χ4v) is 1.98. The lowest BCUT2D eigenvalue weighted by molar-refractivity contribution is 0.505. The molecule has 0 radical (unpaired) electrons. The molecule has 0 unspecified atom stereocenters. The van der Waals surface area contributed by atoms with Gasteiger partial charge in [0.05, 0.1) is 6.20 Å². The molecule has 0 aliphatic heterocycles. The summed E-state index contributed by atoms with van der Waals surface area (Å²) >= 11 is 1.41. The van der Waals surface area contributed by atoms with Gasteiger partial charge in [-0.1, -0.05) is 0 Å². The summed E-state index contributed by atoms with van der Waals surface area (Å²) < 4.78 is 10.8. The molecule has 0 saturated carbocycles. The zero-order valence-corrected chi connectivity index (χ0v) is 8.67. The molecule has 0 aliphatic carbocycles. The molecule has 3 aromatic rings. The van der Waals surface area contributed by atoms with Crippen molar-refractivity contribution in [2.75, 3.05) is 5.73 Å². The van der Waals surface area contributed by atoms with Crippen LogP contribution < -0.4 is 5.73 Å². The number of thiophene rings is 1. The first-order valence-electron chi connectivity index (χ1n) is 4.30. The third-order valence-corrected chi connectivity index (χ3v) is 2.79. The van der Waals surface area contributed by atoms with E-state index in [4.69, 9.17) is 14.6 Å². The minimum absolute atomic E-state index is 0.417. The Morgan fingerprint density at radius 3 is 2.93 bits per heavy atom. The van der Waals surface area contributed by atoms with Gasteiger partial charge in [-0.3, -0.25) is 0 Å². The number of aromatic nitrogens is 2. The van der Waals surface area contributed by atoms with Crippen molar-refractivity contribution in [3.8, 4) is 11.7 Å². The van der Waals surface area contributed by atoms with E-state index in [1.165, 1.54) is 11.3 Å². The Bertz CT molecular complexity index is 622. The predicted molar refractivity (Wildman–Crippen MR) is 56.5 cm³/mol. The standard InChI is InChI=1S/C9H7N3O2S/c1-4-11-2-5(13-4)9-12-7-6(14-9)3-15-8(7)10/h2-3H,10H2,1H3. The van der Waals surface area contributed by atoms with Gasteiger partial charge in [0.2, 0.25) is 5.76 Å². The lowest BCUT2D eigenvalue weighted by atomic mass is 10.5. The van der Waals surface area contributed by atoms with Crippen LogP contribution in [0.25, 0.3) is 22.8 Å². The van der Waals surface area contributed by atoms with Gasteiger partial charge in [-0.15, -0.1) is 11.3 Å². The molecule has 6 heteroatoms. The summed E-state index contributed by atoms with van der Waals surface area (Å²) in [5, 5.41) is 2.47. The highest BCUT2D eigenvalue weighted by Crippen LogP contribution is 2.31. The quantitative estimate of drug-likeness (QED) is 0.682. The van der Waals surface area contributed by atoms with Gasteiger partial charge in [0, 0.05) is 12.3 Å². The smallest absolute Gasteiger partial charge is 0.265 e. The summed E-state index contributed by atoms with van der Waals surface area (Å²) in [6.45, 7) is 1.77. The Morgan fingerprint density at radius 2 is 2.27 bits per heavy atom. The molecular formula is C9H7N3O2S. The van der Waals surface area contributed by atoms with Crippen LogP contribution in [0.1, 0.15) is 5.89 Å². The molecule has 0 aromatic carbocycles. The molecule has 0 atom stereocenters. The number of hydrogen-bond donors (Lipinski definition) is 1. The number of aryl methyl sites for hydroxylation is 1. The molecule has 0 saturated heterocycles. The highest BCUT2D eigenvalue weighted by Gasteiger charge is 2.14. The van der Waals surface area contributed by atoms with E-state index >= 15 is 0 Å². The van der Waals surface area contributed by atoms with E-state index in [1.807, 2.05) is 5.38 Å². The maximum Gasteiger partial charge on any atom is 0.265 e. The monoisotopic (exact) mass is 221 g/mol. The van der Waals surface area contributed by atoms with Gasteiger partial charge < -0.3 is 14.6 Å². The average Bonchev–Trinajstić information content (AvgIpc) is 2.84.